The van der Waals surface area contributed by atoms with Crippen LogP contribution < -0.4 is 14.4 Å². The van der Waals surface area contributed by atoms with E-state index in [2.05, 4.69) is 11.9 Å². The van der Waals surface area contributed by atoms with Gasteiger partial charge in [-0.15, -0.1) is 0 Å². The number of pyridine rings is 1. The normalized spacial score (nSPS) is 14.2. The summed E-state index contributed by atoms with van der Waals surface area (Å²) in [6.45, 7) is 7.05. The van der Waals surface area contributed by atoms with Crippen LogP contribution >= 0.6 is 0 Å². The van der Waals surface area contributed by atoms with Crippen molar-refractivity contribution in [2.75, 3.05) is 25.2 Å². The number of benzene rings is 2. The predicted octanol–water partition coefficient (Wildman–Crippen LogP) is 4.84. The van der Waals surface area contributed by atoms with Gasteiger partial charge in [0.1, 0.15) is 0 Å². The molecule has 0 saturated carbocycles. The van der Waals surface area contributed by atoms with Crippen LogP contribution in [0.2, 0.25) is 0 Å². The number of hydrogen-bond donors (Lipinski definition) is 1. The third kappa shape index (κ3) is 3.98. The monoisotopic (exact) mass is 486 g/mol. The van der Waals surface area contributed by atoms with Crippen molar-refractivity contribution in [1.29, 1.82) is 0 Å². The number of amides is 1. The number of ether oxygens (including phenoxy) is 2. The van der Waals surface area contributed by atoms with E-state index >= 15 is 0 Å². The highest BCUT2D eigenvalue weighted by molar-refractivity contribution is 6.08. The van der Waals surface area contributed by atoms with Crippen molar-refractivity contribution >= 4 is 17.6 Å². The van der Waals surface area contributed by atoms with E-state index < -0.39 is 5.97 Å². The average molecular weight is 487 g/mol. The largest absolute Gasteiger partial charge is 0.493 e. The molecular formula is C29H30N2O5. The van der Waals surface area contributed by atoms with Gasteiger partial charge in [-0.05, 0) is 97.7 Å². The lowest BCUT2D eigenvalue weighted by molar-refractivity contribution is -0.136. The molecule has 7 nitrogen and oxygen atoms in total. The van der Waals surface area contributed by atoms with Gasteiger partial charge in [-0.2, -0.15) is 0 Å². The predicted molar refractivity (Wildman–Crippen MR) is 137 cm³/mol. The first-order valence-electron chi connectivity index (χ1n) is 12.3. The van der Waals surface area contributed by atoms with Gasteiger partial charge in [-0.3, -0.25) is 14.6 Å². The van der Waals surface area contributed by atoms with E-state index in [0.29, 0.717) is 30.9 Å². The molecule has 3 aromatic rings. The fourth-order valence-electron chi connectivity index (χ4n) is 5.47. The summed E-state index contributed by atoms with van der Waals surface area (Å²) in [4.78, 5) is 31.4. The van der Waals surface area contributed by atoms with Crippen LogP contribution in [0.1, 0.15) is 50.3 Å². The van der Waals surface area contributed by atoms with Crippen LogP contribution in [0.5, 0.6) is 11.5 Å². The second-order valence-corrected chi connectivity index (χ2v) is 9.52. The van der Waals surface area contributed by atoms with Crippen LogP contribution in [0.25, 0.3) is 11.1 Å². The second kappa shape index (κ2) is 9.30. The maximum Gasteiger partial charge on any atom is 0.307 e. The lowest BCUT2D eigenvalue weighted by Crippen LogP contribution is -2.29. The number of aliphatic carboxylic acids is 1. The lowest BCUT2D eigenvalue weighted by Gasteiger charge is -2.26. The lowest BCUT2D eigenvalue weighted by atomic mass is 9.84. The number of nitrogens with zero attached hydrogens (tertiary/aromatic N) is 2. The third-order valence-corrected chi connectivity index (χ3v) is 7.29. The number of rotatable bonds is 5. The van der Waals surface area contributed by atoms with Gasteiger partial charge in [0.2, 0.25) is 0 Å². The standard InChI is InChI=1S/C29H30N2O5/c1-16-12-24-21(9-10-31(24)29(34)19-8-7-17(2)30-15-19)27(22(16)14-26(32)33)23-13-25(35-4)28-20(18(23)3)6-5-11-36-28/h7-8,12-13,15H,5-6,9-11,14H2,1-4H3,(H,32,33). The number of anilines is 1. The molecule has 2 aromatic carbocycles. The van der Waals surface area contributed by atoms with Gasteiger partial charge in [-0.1, -0.05) is 0 Å². The number of carbonyl (C=O) groups is 2. The van der Waals surface area contributed by atoms with Crippen molar-refractivity contribution in [2.24, 2.45) is 0 Å². The van der Waals surface area contributed by atoms with Crippen LogP contribution in [0.4, 0.5) is 5.69 Å². The SMILES string of the molecule is COc1cc(-c2c(CC(=O)O)c(C)cc3c2CCN3C(=O)c2ccc(C)nc2)c(C)c2c1OCCC2. The summed E-state index contributed by atoms with van der Waals surface area (Å²) in [5.41, 5.74) is 8.83. The Kier molecular flexibility index (Phi) is 6.16. The Morgan fingerprint density at radius 2 is 1.94 bits per heavy atom. The van der Waals surface area contributed by atoms with E-state index in [1.807, 2.05) is 32.0 Å². The first-order chi connectivity index (χ1) is 17.3. The first-order valence-corrected chi connectivity index (χ1v) is 12.3. The van der Waals surface area contributed by atoms with Crippen molar-refractivity contribution in [1.82, 2.24) is 4.98 Å². The van der Waals surface area contributed by atoms with Crippen LogP contribution in [-0.2, 0) is 24.1 Å². The molecule has 5 rings (SSSR count). The molecule has 7 heteroatoms. The molecule has 0 unspecified atom stereocenters. The quantitative estimate of drug-likeness (QED) is 0.555. The van der Waals surface area contributed by atoms with Gasteiger partial charge in [0.25, 0.3) is 5.91 Å². The molecule has 0 spiro atoms. The molecule has 0 atom stereocenters. The number of aryl methyl sites for hydroxylation is 2. The zero-order valence-corrected chi connectivity index (χ0v) is 21.1. The summed E-state index contributed by atoms with van der Waals surface area (Å²) in [7, 11) is 1.63. The average Bonchev–Trinajstić information content (AvgIpc) is 3.28. The highest BCUT2D eigenvalue weighted by Crippen LogP contribution is 2.47. The maximum absolute atomic E-state index is 13.5. The van der Waals surface area contributed by atoms with Gasteiger partial charge in [0.05, 0.1) is 25.7 Å². The molecule has 1 aromatic heterocycles. The molecule has 2 aliphatic rings. The molecule has 2 aliphatic heterocycles. The number of methoxy groups -OCH3 is 1. The summed E-state index contributed by atoms with van der Waals surface area (Å²) in [5.74, 6) is 0.434. The summed E-state index contributed by atoms with van der Waals surface area (Å²) < 4.78 is 11.7. The summed E-state index contributed by atoms with van der Waals surface area (Å²) >= 11 is 0. The Labute approximate surface area is 210 Å². The van der Waals surface area contributed by atoms with Crippen LogP contribution in [-0.4, -0.2) is 42.2 Å². The Morgan fingerprint density at radius 3 is 2.64 bits per heavy atom. The molecule has 36 heavy (non-hydrogen) atoms. The number of carboxylic acid groups (broad SMARTS) is 1. The molecule has 0 radical (unpaired) electrons. The fourth-order valence-corrected chi connectivity index (χ4v) is 5.47. The van der Waals surface area contributed by atoms with Crippen molar-refractivity contribution < 1.29 is 24.2 Å². The zero-order chi connectivity index (χ0) is 25.6. The first kappa shape index (κ1) is 23.9. The Morgan fingerprint density at radius 1 is 1.14 bits per heavy atom. The highest BCUT2D eigenvalue weighted by atomic mass is 16.5. The number of carbonyl (C=O) groups excluding carboxylic acids is 1. The number of fused-ring (bicyclic) bond motifs is 2. The number of aromatic nitrogens is 1. The molecular weight excluding hydrogens is 456 g/mol. The Bertz CT molecular complexity index is 1380. The second-order valence-electron chi connectivity index (χ2n) is 9.52. The van der Waals surface area contributed by atoms with Gasteiger partial charge < -0.3 is 19.5 Å². The van der Waals surface area contributed by atoms with E-state index in [1.54, 1.807) is 24.3 Å². The van der Waals surface area contributed by atoms with Gasteiger partial charge >= 0.3 is 5.97 Å². The number of hydrogen-bond acceptors (Lipinski definition) is 5. The van der Waals surface area contributed by atoms with E-state index in [9.17, 15) is 14.7 Å². The third-order valence-electron chi connectivity index (χ3n) is 7.29. The van der Waals surface area contributed by atoms with Crippen molar-refractivity contribution in [3.05, 3.63) is 69.5 Å². The van der Waals surface area contributed by atoms with Gasteiger partial charge in [0, 0.05) is 29.7 Å². The molecule has 0 fully saturated rings. The zero-order valence-electron chi connectivity index (χ0n) is 21.1. The van der Waals surface area contributed by atoms with E-state index in [-0.39, 0.29) is 12.3 Å². The van der Waals surface area contributed by atoms with Crippen LogP contribution in [0, 0.1) is 20.8 Å². The Balaban J connectivity index is 1.72. The van der Waals surface area contributed by atoms with Gasteiger partial charge in [0.15, 0.2) is 11.5 Å². The van der Waals surface area contributed by atoms with Crippen LogP contribution in [0.15, 0.2) is 30.5 Å². The minimum atomic E-state index is -0.887. The fraction of sp³-hybridized carbons (Fsp3) is 0.345. The summed E-state index contributed by atoms with van der Waals surface area (Å²) in [5, 5.41) is 9.77. The minimum absolute atomic E-state index is 0.0976. The maximum atomic E-state index is 13.5. The molecule has 1 amide bonds. The molecule has 0 saturated heterocycles. The molecule has 186 valence electrons. The number of carboxylic acids is 1. The van der Waals surface area contributed by atoms with Crippen molar-refractivity contribution in [2.45, 2.75) is 46.5 Å². The Hall–Kier alpha value is -3.87. The molecule has 3 heterocycles. The van der Waals surface area contributed by atoms with E-state index in [1.165, 1.54) is 0 Å². The minimum Gasteiger partial charge on any atom is -0.493 e. The van der Waals surface area contributed by atoms with Gasteiger partial charge in [-0.25, -0.2) is 0 Å². The van der Waals surface area contributed by atoms with E-state index in [4.69, 9.17) is 9.47 Å². The molecule has 1 N–H and O–H groups in total. The topological polar surface area (TPSA) is 89.0 Å². The smallest absolute Gasteiger partial charge is 0.307 e. The van der Waals surface area contributed by atoms with Crippen molar-refractivity contribution in [3.63, 3.8) is 0 Å². The molecule has 0 aliphatic carbocycles. The summed E-state index contributed by atoms with van der Waals surface area (Å²) in [6.07, 6.45) is 3.94. The molecule has 0 bridgehead atoms. The summed E-state index contributed by atoms with van der Waals surface area (Å²) in [6, 6.07) is 7.56. The van der Waals surface area contributed by atoms with Crippen LogP contribution in [0.3, 0.4) is 0 Å². The van der Waals surface area contributed by atoms with E-state index in [0.717, 1.165) is 68.9 Å². The van der Waals surface area contributed by atoms with Crippen molar-refractivity contribution in [3.8, 4) is 22.6 Å². The highest BCUT2D eigenvalue weighted by Gasteiger charge is 2.32.